The fourth-order valence-electron chi connectivity index (χ4n) is 1.53. The van der Waals surface area contributed by atoms with Gasteiger partial charge in [-0.1, -0.05) is 11.3 Å². The number of aromatic nitrogens is 1. The van der Waals surface area contributed by atoms with Crippen LogP contribution in [0.25, 0.3) is 0 Å². The van der Waals surface area contributed by atoms with Crippen molar-refractivity contribution in [2.24, 2.45) is 5.10 Å². The summed E-state index contributed by atoms with van der Waals surface area (Å²) in [5.74, 6) is -0.403. The number of anilines is 1. The number of nitrogens with zero attached hydrogens (tertiary/aromatic N) is 3. The van der Waals surface area contributed by atoms with E-state index in [9.17, 15) is 14.9 Å². The third kappa shape index (κ3) is 3.60. The van der Waals surface area contributed by atoms with Crippen LogP contribution in [0.2, 0.25) is 0 Å². The standard InChI is InChI=1S/C12H11N5O3S/c1-7-10(21-12(13)15-7)11(18)16-14-6-8-2-4-9(5-3-8)17(19)20/h2-6H,1H3,(H2,13,15)(H,16,18)/b14-6-. The van der Waals surface area contributed by atoms with Crippen LogP contribution >= 0.6 is 11.3 Å². The number of amides is 1. The van der Waals surface area contributed by atoms with Gasteiger partial charge >= 0.3 is 0 Å². The predicted octanol–water partition coefficient (Wildman–Crippen LogP) is 1.71. The Balaban J connectivity index is 2.00. The first kappa shape index (κ1) is 14.6. The molecule has 0 aliphatic carbocycles. The minimum absolute atomic E-state index is 0.00746. The van der Waals surface area contributed by atoms with Gasteiger partial charge in [0.2, 0.25) is 0 Å². The Kier molecular flexibility index (Phi) is 4.24. The van der Waals surface area contributed by atoms with E-state index in [0.29, 0.717) is 21.3 Å². The van der Waals surface area contributed by atoms with Crippen LogP contribution in [0, 0.1) is 17.0 Å². The molecule has 0 aliphatic heterocycles. The summed E-state index contributed by atoms with van der Waals surface area (Å²) >= 11 is 1.08. The van der Waals surface area contributed by atoms with Crippen molar-refractivity contribution in [2.75, 3.05) is 5.73 Å². The summed E-state index contributed by atoms with van der Waals surface area (Å²) in [6.07, 6.45) is 1.39. The second kappa shape index (κ2) is 6.09. The van der Waals surface area contributed by atoms with Crippen LogP contribution < -0.4 is 11.2 Å². The van der Waals surface area contributed by atoms with Crippen molar-refractivity contribution in [1.82, 2.24) is 10.4 Å². The van der Waals surface area contributed by atoms with E-state index in [1.165, 1.54) is 30.5 Å². The number of thiazole rings is 1. The zero-order chi connectivity index (χ0) is 15.4. The van der Waals surface area contributed by atoms with Crippen LogP contribution in [-0.2, 0) is 0 Å². The quantitative estimate of drug-likeness (QED) is 0.505. The van der Waals surface area contributed by atoms with Crippen molar-refractivity contribution in [3.05, 3.63) is 50.5 Å². The molecule has 1 aromatic carbocycles. The maximum absolute atomic E-state index is 11.8. The van der Waals surface area contributed by atoms with Crippen molar-refractivity contribution in [1.29, 1.82) is 0 Å². The maximum Gasteiger partial charge on any atom is 0.283 e. The number of carbonyl (C=O) groups excluding carboxylic acids is 1. The molecular formula is C12H11N5O3S. The minimum Gasteiger partial charge on any atom is -0.375 e. The van der Waals surface area contributed by atoms with Gasteiger partial charge in [-0.2, -0.15) is 5.10 Å². The van der Waals surface area contributed by atoms with Crippen molar-refractivity contribution < 1.29 is 9.72 Å². The second-order valence-electron chi connectivity index (χ2n) is 4.01. The lowest BCUT2D eigenvalue weighted by molar-refractivity contribution is -0.384. The third-order valence-electron chi connectivity index (χ3n) is 2.50. The first-order chi connectivity index (χ1) is 9.97. The molecule has 0 bridgehead atoms. The molecule has 9 heteroatoms. The van der Waals surface area contributed by atoms with E-state index < -0.39 is 10.8 Å². The highest BCUT2D eigenvalue weighted by Crippen LogP contribution is 2.19. The molecule has 0 fully saturated rings. The molecule has 0 saturated heterocycles. The van der Waals surface area contributed by atoms with Crippen molar-refractivity contribution >= 4 is 34.3 Å². The van der Waals surface area contributed by atoms with Gasteiger partial charge in [-0.25, -0.2) is 10.4 Å². The number of non-ortho nitro benzene ring substituents is 1. The Bertz CT molecular complexity index is 708. The highest BCUT2D eigenvalue weighted by Gasteiger charge is 2.13. The molecule has 3 N–H and O–H groups in total. The summed E-state index contributed by atoms with van der Waals surface area (Å²) in [6, 6.07) is 5.78. The maximum atomic E-state index is 11.8. The minimum atomic E-state index is -0.486. The van der Waals surface area contributed by atoms with Gasteiger partial charge in [0.25, 0.3) is 11.6 Å². The van der Waals surface area contributed by atoms with E-state index in [4.69, 9.17) is 5.73 Å². The zero-order valence-corrected chi connectivity index (χ0v) is 11.8. The Morgan fingerprint density at radius 2 is 2.14 bits per heavy atom. The summed E-state index contributed by atoms with van der Waals surface area (Å²) in [4.78, 5) is 26.2. The third-order valence-corrected chi connectivity index (χ3v) is 3.49. The van der Waals surface area contributed by atoms with E-state index in [1.54, 1.807) is 6.92 Å². The second-order valence-corrected chi connectivity index (χ2v) is 5.05. The van der Waals surface area contributed by atoms with Crippen LogP contribution in [0.4, 0.5) is 10.8 Å². The molecule has 0 spiro atoms. The molecule has 1 aromatic heterocycles. The number of hydrogen-bond acceptors (Lipinski definition) is 7. The SMILES string of the molecule is Cc1nc(N)sc1C(=O)N/N=C\c1ccc([N+](=O)[O-])cc1. The fraction of sp³-hybridized carbons (Fsp3) is 0.0833. The van der Waals surface area contributed by atoms with E-state index in [0.717, 1.165) is 11.3 Å². The molecule has 108 valence electrons. The largest absolute Gasteiger partial charge is 0.375 e. The average Bonchev–Trinajstić information content (AvgIpc) is 2.78. The molecule has 0 aliphatic rings. The van der Waals surface area contributed by atoms with Gasteiger partial charge in [-0.15, -0.1) is 0 Å². The number of nitrogen functional groups attached to an aromatic ring is 1. The van der Waals surface area contributed by atoms with E-state index in [2.05, 4.69) is 15.5 Å². The van der Waals surface area contributed by atoms with Crippen LogP contribution in [0.15, 0.2) is 29.4 Å². The van der Waals surface area contributed by atoms with Crippen molar-refractivity contribution in [3.8, 4) is 0 Å². The van der Waals surface area contributed by atoms with Gasteiger partial charge < -0.3 is 5.73 Å². The first-order valence-electron chi connectivity index (χ1n) is 5.78. The fourth-order valence-corrected chi connectivity index (χ4v) is 2.25. The number of hydrazone groups is 1. The molecular weight excluding hydrogens is 294 g/mol. The number of carbonyl (C=O) groups is 1. The summed E-state index contributed by atoms with van der Waals surface area (Å²) < 4.78 is 0. The molecule has 1 heterocycles. The summed E-state index contributed by atoms with van der Waals surface area (Å²) in [7, 11) is 0. The smallest absolute Gasteiger partial charge is 0.283 e. The Labute approximate surface area is 123 Å². The molecule has 0 atom stereocenters. The topological polar surface area (TPSA) is 124 Å². The monoisotopic (exact) mass is 305 g/mol. The molecule has 0 saturated carbocycles. The number of rotatable bonds is 4. The van der Waals surface area contributed by atoms with E-state index >= 15 is 0 Å². The van der Waals surface area contributed by atoms with Crippen molar-refractivity contribution in [2.45, 2.75) is 6.92 Å². The predicted molar refractivity (Wildman–Crippen MR) is 79.4 cm³/mol. The number of nitro benzene ring substituents is 1. The lowest BCUT2D eigenvalue weighted by Gasteiger charge is -1.97. The Morgan fingerprint density at radius 1 is 1.48 bits per heavy atom. The summed E-state index contributed by atoms with van der Waals surface area (Å²) in [6.45, 7) is 1.68. The highest BCUT2D eigenvalue weighted by atomic mass is 32.1. The molecule has 2 rings (SSSR count). The van der Waals surface area contributed by atoms with Gasteiger partial charge in [-0.05, 0) is 24.6 Å². The summed E-state index contributed by atoms with van der Waals surface area (Å²) in [5, 5.41) is 14.6. The lowest BCUT2D eigenvalue weighted by atomic mass is 10.2. The van der Waals surface area contributed by atoms with Gasteiger partial charge in [0.15, 0.2) is 5.13 Å². The van der Waals surface area contributed by atoms with Crippen molar-refractivity contribution in [3.63, 3.8) is 0 Å². The molecule has 1 amide bonds. The van der Waals surface area contributed by atoms with Crippen LogP contribution in [0.1, 0.15) is 20.9 Å². The molecule has 2 aromatic rings. The number of benzene rings is 1. The lowest BCUT2D eigenvalue weighted by Crippen LogP contribution is -2.17. The van der Waals surface area contributed by atoms with Crippen LogP contribution in [0.5, 0.6) is 0 Å². The number of aryl methyl sites for hydroxylation is 1. The van der Waals surface area contributed by atoms with Gasteiger partial charge in [0.1, 0.15) is 4.88 Å². The average molecular weight is 305 g/mol. The number of nitrogens with one attached hydrogen (secondary N) is 1. The highest BCUT2D eigenvalue weighted by molar-refractivity contribution is 7.17. The number of nitro groups is 1. The molecule has 21 heavy (non-hydrogen) atoms. The zero-order valence-electron chi connectivity index (χ0n) is 10.9. The normalized spacial score (nSPS) is 10.7. The van der Waals surface area contributed by atoms with Crippen LogP contribution in [-0.4, -0.2) is 22.0 Å². The number of hydrogen-bond donors (Lipinski definition) is 2. The number of nitrogens with two attached hydrogens (primary N) is 1. The van der Waals surface area contributed by atoms with Gasteiger partial charge in [-0.3, -0.25) is 14.9 Å². The Morgan fingerprint density at radius 3 is 2.67 bits per heavy atom. The van der Waals surface area contributed by atoms with Gasteiger partial charge in [0, 0.05) is 12.1 Å². The van der Waals surface area contributed by atoms with E-state index in [-0.39, 0.29) is 5.69 Å². The molecule has 0 radical (unpaired) electrons. The first-order valence-corrected chi connectivity index (χ1v) is 6.60. The molecule has 8 nitrogen and oxygen atoms in total. The van der Waals surface area contributed by atoms with Crippen LogP contribution in [0.3, 0.4) is 0 Å². The Hall–Kier alpha value is -2.81. The van der Waals surface area contributed by atoms with Gasteiger partial charge in [0.05, 0.1) is 16.8 Å². The summed E-state index contributed by atoms with van der Waals surface area (Å²) in [5.41, 5.74) is 9.02. The van der Waals surface area contributed by atoms with E-state index in [1.807, 2.05) is 0 Å². The molecule has 0 unspecified atom stereocenters.